The largest absolute Gasteiger partial charge is 0.451 e. The normalized spacial score (nSPS) is 26.4. The molecule has 0 saturated carbocycles. The first-order chi connectivity index (χ1) is 7.86. The maximum absolute atomic E-state index is 11.3. The van der Waals surface area contributed by atoms with Crippen LogP contribution in [0.25, 0.3) is 0 Å². The fourth-order valence-corrected chi connectivity index (χ4v) is 2.85. The minimum Gasteiger partial charge on any atom is -0.427 e. The minimum atomic E-state index is -3.84. The van der Waals surface area contributed by atoms with Gasteiger partial charge >= 0.3 is 17.3 Å². The number of nitrogens with one attached hydrogen (secondary N) is 1. The molecule has 10 heteroatoms. The number of hydrogen-bond acceptors (Lipinski definition) is 6. The van der Waals surface area contributed by atoms with Crippen LogP contribution in [0.3, 0.4) is 0 Å². The Morgan fingerprint density at radius 1 is 1.41 bits per heavy atom. The summed E-state index contributed by atoms with van der Waals surface area (Å²) in [5, 5.41) is 25.9. The van der Waals surface area contributed by atoms with E-state index in [1.54, 1.807) is 0 Å². The van der Waals surface area contributed by atoms with Crippen LogP contribution in [0, 0.1) is 5.92 Å². The topological polar surface area (TPSA) is 136 Å². The Hall–Kier alpha value is -0.225. The van der Waals surface area contributed by atoms with E-state index in [0.717, 1.165) is 4.31 Å². The van der Waals surface area contributed by atoms with E-state index in [1.165, 1.54) is 4.89 Å². The Balaban J connectivity index is 2.45. The van der Waals surface area contributed by atoms with Gasteiger partial charge in [-0.05, 0) is 18.7 Å². The van der Waals surface area contributed by atoms with Gasteiger partial charge in [0, 0.05) is 19.1 Å². The van der Waals surface area contributed by atoms with Crippen molar-refractivity contribution in [1.82, 2.24) is 9.19 Å². The van der Waals surface area contributed by atoms with Crippen molar-refractivity contribution in [1.29, 1.82) is 0 Å². The van der Waals surface area contributed by atoms with E-state index in [0.29, 0.717) is 12.8 Å². The average molecular weight is 267 g/mol. The molecule has 1 aliphatic rings. The fraction of sp³-hybridized carbons (Fsp3) is 1.00. The highest BCUT2D eigenvalue weighted by Gasteiger charge is 2.36. The highest BCUT2D eigenvalue weighted by atomic mass is 32.2. The number of hydrogen-bond donors (Lipinski definition) is 5. The quantitative estimate of drug-likeness (QED) is 0.272. The molecule has 6 N–H and O–H groups in total. The smallest absolute Gasteiger partial charge is 0.427 e. The number of nitrogens with zero attached hydrogens (tertiary/aromatic N) is 1. The summed E-state index contributed by atoms with van der Waals surface area (Å²) in [6.45, 7) is 0.390. The molecular formula is C7H18BN3O5S. The van der Waals surface area contributed by atoms with E-state index in [2.05, 4.69) is 0 Å². The van der Waals surface area contributed by atoms with Crippen molar-refractivity contribution in [3.05, 3.63) is 0 Å². The molecule has 0 unspecified atom stereocenters. The zero-order chi connectivity index (χ0) is 13.1. The molecule has 0 aliphatic carbocycles. The van der Waals surface area contributed by atoms with E-state index in [4.69, 9.17) is 21.0 Å². The van der Waals surface area contributed by atoms with E-state index in [1.807, 2.05) is 0 Å². The van der Waals surface area contributed by atoms with Crippen molar-refractivity contribution in [3.8, 4) is 0 Å². The molecule has 2 atom stereocenters. The van der Waals surface area contributed by atoms with E-state index in [-0.39, 0.29) is 31.4 Å². The van der Waals surface area contributed by atoms with Gasteiger partial charge in [-0.15, -0.1) is 0 Å². The zero-order valence-corrected chi connectivity index (χ0v) is 10.2. The molecule has 17 heavy (non-hydrogen) atoms. The monoisotopic (exact) mass is 267 g/mol. The second kappa shape index (κ2) is 6.09. The van der Waals surface area contributed by atoms with Crippen molar-refractivity contribution >= 4 is 17.3 Å². The van der Waals surface area contributed by atoms with Crippen LogP contribution in [0.1, 0.15) is 12.8 Å². The first-order valence-corrected chi connectivity index (χ1v) is 6.83. The van der Waals surface area contributed by atoms with Crippen molar-refractivity contribution in [3.63, 3.8) is 0 Å². The van der Waals surface area contributed by atoms with Gasteiger partial charge in [-0.3, -0.25) is 0 Å². The molecule has 1 saturated heterocycles. The lowest BCUT2D eigenvalue weighted by Gasteiger charge is -2.14. The minimum absolute atomic E-state index is 0.0307. The lowest BCUT2D eigenvalue weighted by molar-refractivity contribution is 0.230. The first-order valence-electron chi connectivity index (χ1n) is 5.39. The van der Waals surface area contributed by atoms with Gasteiger partial charge in [0.05, 0.1) is 0 Å². The molecule has 8 nitrogen and oxygen atoms in total. The summed E-state index contributed by atoms with van der Waals surface area (Å²) in [6, 6.07) is -0.297. The Bertz CT molecular complexity index is 338. The van der Waals surface area contributed by atoms with Crippen LogP contribution in [0.4, 0.5) is 0 Å². The highest BCUT2D eigenvalue weighted by Crippen LogP contribution is 2.22. The molecular weight excluding hydrogens is 249 g/mol. The Morgan fingerprint density at radius 3 is 2.59 bits per heavy atom. The lowest BCUT2D eigenvalue weighted by atomic mass is 9.82. The fourth-order valence-electron chi connectivity index (χ4n) is 1.98. The second-order valence-corrected chi connectivity index (χ2v) is 5.90. The van der Waals surface area contributed by atoms with Crippen LogP contribution in [0.15, 0.2) is 0 Å². The van der Waals surface area contributed by atoms with Gasteiger partial charge in [0.15, 0.2) is 0 Å². The molecule has 1 heterocycles. The molecule has 0 aromatic rings. The molecule has 0 spiro atoms. The average Bonchev–Trinajstić information content (AvgIpc) is 2.61. The number of nitrogens with two attached hydrogens (primary N) is 1. The summed E-state index contributed by atoms with van der Waals surface area (Å²) in [5.41, 5.74) is 5.80. The van der Waals surface area contributed by atoms with E-state index in [9.17, 15) is 8.42 Å². The van der Waals surface area contributed by atoms with Crippen LogP contribution in [0.2, 0.25) is 6.32 Å². The van der Waals surface area contributed by atoms with Gasteiger partial charge in [-0.1, -0.05) is 11.3 Å². The first kappa shape index (κ1) is 14.8. The third-order valence-electron chi connectivity index (χ3n) is 2.95. The predicted molar refractivity (Wildman–Crippen MR) is 61.1 cm³/mol. The molecule has 100 valence electrons. The summed E-state index contributed by atoms with van der Waals surface area (Å²) < 4.78 is 23.7. The summed E-state index contributed by atoms with van der Waals surface area (Å²) in [7, 11) is -5.19. The summed E-state index contributed by atoms with van der Waals surface area (Å²) in [4.78, 5) is 1.26. The van der Waals surface area contributed by atoms with Crippen LogP contribution in [-0.4, -0.2) is 54.2 Å². The van der Waals surface area contributed by atoms with E-state index < -0.39 is 17.3 Å². The second-order valence-electron chi connectivity index (χ2n) is 4.25. The maximum atomic E-state index is 11.3. The lowest BCUT2D eigenvalue weighted by Crippen LogP contribution is -2.39. The summed E-state index contributed by atoms with van der Waals surface area (Å²) in [5.74, 6) is -0.0307. The highest BCUT2D eigenvalue weighted by molar-refractivity contribution is 7.86. The van der Waals surface area contributed by atoms with Gasteiger partial charge in [-0.2, -0.15) is 12.7 Å². The van der Waals surface area contributed by atoms with Crippen LogP contribution < -0.4 is 10.6 Å². The molecule has 1 aliphatic heterocycles. The maximum Gasteiger partial charge on any atom is 0.451 e. The van der Waals surface area contributed by atoms with Crippen molar-refractivity contribution in [2.24, 2.45) is 11.7 Å². The number of rotatable bonds is 6. The van der Waals surface area contributed by atoms with E-state index >= 15 is 0 Å². The van der Waals surface area contributed by atoms with Crippen molar-refractivity contribution in [2.75, 3.05) is 13.1 Å². The summed E-state index contributed by atoms with van der Waals surface area (Å²) in [6.07, 6.45) is 1.43. The molecule has 1 fully saturated rings. The van der Waals surface area contributed by atoms with Gasteiger partial charge in [0.25, 0.3) is 0 Å². The van der Waals surface area contributed by atoms with Crippen LogP contribution >= 0.6 is 0 Å². The predicted octanol–water partition coefficient (Wildman–Crippen LogP) is -2.28. The van der Waals surface area contributed by atoms with Gasteiger partial charge in [0.2, 0.25) is 0 Å². The molecule has 0 bridgehead atoms. The van der Waals surface area contributed by atoms with Gasteiger partial charge in [0.1, 0.15) is 0 Å². The zero-order valence-electron chi connectivity index (χ0n) is 9.36. The third-order valence-corrected chi connectivity index (χ3v) is 4.16. The molecule has 0 aromatic heterocycles. The third kappa shape index (κ3) is 4.18. The van der Waals surface area contributed by atoms with Crippen LogP contribution in [0.5, 0.6) is 0 Å². The molecule has 1 rings (SSSR count). The van der Waals surface area contributed by atoms with Crippen LogP contribution in [-0.2, 0) is 10.2 Å². The SMILES string of the molecule is N[C@H]1CN(S(=O)(=O)NO)C[C@@H]1CCCB(O)O. The van der Waals surface area contributed by atoms with Gasteiger partial charge in [-0.25, -0.2) is 0 Å². The van der Waals surface area contributed by atoms with Crippen molar-refractivity contribution < 1.29 is 23.7 Å². The molecule has 0 amide bonds. The van der Waals surface area contributed by atoms with Crippen molar-refractivity contribution in [2.45, 2.75) is 25.2 Å². The Labute approximate surface area is 101 Å². The Morgan fingerprint density at radius 2 is 2.06 bits per heavy atom. The summed E-state index contributed by atoms with van der Waals surface area (Å²) >= 11 is 0. The Kier molecular flexibility index (Phi) is 5.32. The standard InChI is InChI=1S/C7H18BN3O5S/c9-7-5-11(17(15,16)10-14)4-6(7)2-1-3-8(12)13/h6-7,10,12-14H,1-5,9H2/t6-,7-/m0/s1. The molecule has 0 aromatic carbocycles. The molecule has 0 radical (unpaired) electrons. The van der Waals surface area contributed by atoms with Gasteiger partial charge < -0.3 is 21.0 Å².